The summed E-state index contributed by atoms with van der Waals surface area (Å²) in [7, 11) is 1.50. The average Bonchev–Trinajstić information content (AvgIpc) is 3.21. The number of anilines is 2. The van der Waals surface area contributed by atoms with Crippen LogP contribution in [0, 0.1) is 10.1 Å². The van der Waals surface area contributed by atoms with Gasteiger partial charge in [0.25, 0.3) is 5.91 Å². The van der Waals surface area contributed by atoms with Crippen molar-refractivity contribution in [3.8, 4) is 11.5 Å². The number of nitro benzene ring substituents is 1. The first-order chi connectivity index (χ1) is 14.9. The van der Waals surface area contributed by atoms with Gasteiger partial charge in [0.1, 0.15) is 18.1 Å². The molecule has 0 saturated carbocycles. The van der Waals surface area contributed by atoms with Crippen molar-refractivity contribution in [2.75, 3.05) is 17.7 Å². The van der Waals surface area contributed by atoms with Gasteiger partial charge in [0.15, 0.2) is 5.75 Å². The van der Waals surface area contributed by atoms with Crippen molar-refractivity contribution in [3.63, 3.8) is 0 Å². The molecule has 0 radical (unpaired) electrons. The fourth-order valence-corrected chi connectivity index (χ4v) is 3.49. The molecule has 158 valence electrons. The molecule has 2 heterocycles. The number of amides is 1. The highest BCUT2D eigenvalue weighted by Gasteiger charge is 2.34. The third-order valence-electron chi connectivity index (χ3n) is 4.91. The van der Waals surface area contributed by atoms with Crippen molar-refractivity contribution in [2.24, 2.45) is 0 Å². The van der Waals surface area contributed by atoms with Crippen LogP contribution in [0.1, 0.15) is 18.5 Å². The first-order valence-electron chi connectivity index (χ1n) is 9.19. The summed E-state index contributed by atoms with van der Waals surface area (Å²) < 4.78 is 6.75. The minimum absolute atomic E-state index is 0.281. The van der Waals surface area contributed by atoms with Crippen molar-refractivity contribution in [3.05, 3.63) is 75.7 Å². The SMILES string of the molecule is COc1ccccc1NC(=O)C1=C(C)Nc2ncnn2C1c1ccc(O)c([N+](=O)[O-])c1. The minimum Gasteiger partial charge on any atom is -0.502 e. The lowest BCUT2D eigenvalue weighted by atomic mass is 9.94. The van der Waals surface area contributed by atoms with Crippen LogP contribution in [-0.4, -0.2) is 37.8 Å². The smallest absolute Gasteiger partial charge is 0.311 e. The lowest BCUT2D eigenvalue weighted by molar-refractivity contribution is -0.385. The number of nitrogens with one attached hydrogen (secondary N) is 2. The number of methoxy groups -OCH3 is 1. The van der Waals surface area contributed by atoms with Gasteiger partial charge in [0.05, 0.1) is 23.3 Å². The zero-order valence-electron chi connectivity index (χ0n) is 16.6. The molecule has 1 amide bonds. The highest BCUT2D eigenvalue weighted by atomic mass is 16.6. The monoisotopic (exact) mass is 422 g/mol. The Morgan fingerprint density at radius 3 is 2.84 bits per heavy atom. The average molecular weight is 422 g/mol. The molecule has 11 heteroatoms. The number of nitrogens with zero attached hydrogens (tertiary/aromatic N) is 4. The van der Waals surface area contributed by atoms with Gasteiger partial charge in [-0.25, -0.2) is 4.68 Å². The quantitative estimate of drug-likeness (QED) is 0.420. The summed E-state index contributed by atoms with van der Waals surface area (Å²) in [4.78, 5) is 28.1. The number of hydrogen-bond acceptors (Lipinski definition) is 8. The number of ether oxygens (including phenoxy) is 1. The number of phenolic OH excluding ortho intramolecular Hbond substituents is 1. The van der Waals surface area contributed by atoms with Crippen LogP contribution in [0.2, 0.25) is 0 Å². The van der Waals surface area contributed by atoms with E-state index in [0.29, 0.717) is 28.6 Å². The molecule has 1 unspecified atom stereocenters. The number of hydrogen-bond donors (Lipinski definition) is 3. The second-order valence-electron chi connectivity index (χ2n) is 6.75. The number of para-hydroxylation sites is 2. The van der Waals surface area contributed by atoms with Crippen LogP contribution in [0.4, 0.5) is 17.3 Å². The van der Waals surface area contributed by atoms with E-state index in [1.165, 1.54) is 36.3 Å². The Hall–Kier alpha value is -4.41. The highest BCUT2D eigenvalue weighted by molar-refractivity contribution is 6.06. The fourth-order valence-electron chi connectivity index (χ4n) is 3.49. The van der Waals surface area contributed by atoms with E-state index in [1.807, 2.05) is 0 Å². The molecule has 3 N–H and O–H groups in total. The van der Waals surface area contributed by atoms with Crippen molar-refractivity contribution in [1.29, 1.82) is 0 Å². The molecule has 0 aliphatic carbocycles. The predicted molar refractivity (Wildman–Crippen MR) is 111 cm³/mol. The summed E-state index contributed by atoms with van der Waals surface area (Å²) in [5.74, 6) is -0.0539. The maximum absolute atomic E-state index is 13.3. The summed E-state index contributed by atoms with van der Waals surface area (Å²) in [6.45, 7) is 1.71. The summed E-state index contributed by atoms with van der Waals surface area (Å²) in [5.41, 5.74) is 1.18. The van der Waals surface area contributed by atoms with Gasteiger partial charge in [-0.1, -0.05) is 18.2 Å². The number of nitro groups is 1. The number of fused-ring (bicyclic) bond motifs is 1. The lowest BCUT2D eigenvalue weighted by Gasteiger charge is -2.28. The number of allylic oxidation sites excluding steroid dienone is 1. The third-order valence-corrected chi connectivity index (χ3v) is 4.91. The van der Waals surface area contributed by atoms with Crippen molar-refractivity contribution >= 4 is 23.2 Å². The molecule has 2 aromatic carbocycles. The van der Waals surface area contributed by atoms with Crippen LogP contribution in [0.15, 0.2) is 60.1 Å². The predicted octanol–water partition coefficient (Wildman–Crippen LogP) is 2.83. The number of rotatable bonds is 5. The van der Waals surface area contributed by atoms with Crippen LogP contribution in [0.25, 0.3) is 0 Å². The molecular weight excluding hydrogens is 404 g/mol. The Morgan fingerprint density at radius 2 is 2.10 bits per heavy atom. The first kappa shape index (κ1) is 19.9. The zero-order valence-corrected chi connectivity index (χ0v) is 16.6. The maximum Gasteiger partial charge on any atom is 0.311 e. The molecule has 1 aromatic heterocycles. The van der Waals surface area contributed by atoms with E-state index < -0.39 is 28.3 Å². The molecule has 31 heavy (non-hydrogen) atoms. The molecular formula is C20H18N6O5. The second-order valence-corrected chi connectivity index (χ2v) is 6.75. The minimum atomic E-state index is -0.812. The summed E-state index contributed by atoms with van der Waals surface area (Å²) in [6, 6.07) is 10.1. The van der Waals surface area contributed by atoms with E-state index in [2.05, 4.69) is 20.7 Å². The standard InChI is InChI=1S/C20H18N6O5/c1-11-17(19(28)24-13-5-3-4-6-16(13)31-2)18(25-20(23-11)21-10-22-25)12-7-8-15(27)14(9-12)26(29)30/h3-10,18,27H,1-2H3,(H,24,28)(H,21,22,23). The fraction of sp³-hybridized carbons (Fsp3) is 0.150. The highest BCUT2D eigenvalue weighted by Crippen LogP contribution is 2.38. The van der Waals surface area contributed by atoms with Crippen LogP contribution >= 0.6 is 0 Å². The molecule has 11 nitrogen and oxygen atoms in total. The van der Waals surface area contributed by atoms with E-state index in [9.17, 15) is 20.0 Å². The van der Waals surface area contributed by atoms with Crippen LogP contribution in [-0.2, 0) is 4.79 Å². The van der Waals surface area contributed by atoms with E-state index >= 15 is 0 Å². The first-order valence-corrected chi connectivity index (χ1v) is 9.19. The van der Waals surface area contributed by atoms with Crippen LogP contribution < -0.4 is 15.4 Å². The number of aromatic nitrogens is 3. The summed E-state index contributed by atoms with van der Waals surface area (Å²) in [5, 5.41) is 31.2. The Labute approximate surface area is 176 Å². The number of phenols is 1. The lowest BCUT2D eigenvalue weighted by Crippen LogP contribution is -2.31. The second kappa shape index (κ2) is 7.78. The van der Waals surface area contributed by atoms with Crippen molar-refractivity contribution in [2.45, 2.75) is 13.0 Å². The largest absolute Gasteiger partial charge is 0.502 e. The number of benzene rings is 2. The van der Waals surface area contributed by atoms with Gasteiger partial charge in [-0.15, -0.1) is 0 Å². The number of aromatic hydroxyl groups is 1. The molecule has 0 saturated heterocycles. The van der Waals surface area contributed by atoms with Crippen molar-refractivity contribution in [1.82, 2.24) is 14.8 Å². The molecule has 4 rings (SSSR count). The van der Waals surface area contributed by atoms with Gasteiger partial charge in [0, 0.05) is 11.8 Å². The maximum atomic E-state index is 13.3. The van der Waals surface area contributed by atoms with E-state index in [1.54, 1.807) is 31.2 Å². The van der Waals surface area contributed by atoms with E-state index in [-0.39, 0.29) is 5.57 Å². The summed E-state index contributed by atoms with van der Waals surface area (Å²) in [6.07, 6.45) is 1.32. The molecule has 0 spiro atoms. The van der Waals surface area contributed by atoms with E-state index in [0.717, 1.165) is 0 Å². The molecule has 1 aliphatic rings. The Balaban J connectivity index is 1.81. The van der Waals surface area contributed by atoms with Gasteiger partial charge in [-0.05, 0) is 30.7 Å². The number of carbonyl (C=O) groups excluding carboxylic acids is 1. The van der Waals surface area contributed by atoms with Gasteiger partial charge in [-0.2, -0.15) is 10.1 Å². The van der Waals surface area contributed by atoms with E-state index in [4.69, 9.17) is 4.74 Å². The molecule has 1 aliphatic heterocycles. The normalized spacial score (nSPS) is 15.1. The van der Waals surface area contributed by atoms with Gasteiger partial charge < -0.3 is 20.5 Å². The van der Waals surface area contributed by atoms with Crippen LogP contribution in [0.3, 0.4) is 0 Å². The van der Waals surface area contributed by atoms with Crippen LogP contribution in [0.5, 0.6) is 11.5 Å². The molecule has 0 fully saturated rings. The van der Waals surface area contributed by atoms with Gasteiger partial charge in [-0.3, -0.25) is 14.9 Å². The third kappa shape index (κ3) is 3.52. The number of carbonyl (C=O) groups is 1. The Kier molecular flexibility index (Phi) is 4.99. The Bertz CT molecular complexity index is 1220. The van der Waals surface area contributed by atoms with Gasteiger partial charge in [0.2, 0.25) is 5.95 Å². The molecule has 3 aromatic rings. The van der Waals surface area contributed by atoms with Crippen molar-refractivity contribution < 1.29 is 19.6 Å². The molecule has 1 atom stereocenters. The van der Waals surface area contributed by atoms with Gasteiger partial charge >= 0.3 is 5.69 Å². The molecule has 0 bridgehead atoms. The Morgan fingerprint density at radius 1 is 1.32 bits per heavy atom. The topological polar surface area (TPSA) is 144 Å². The summed E-state index contributed by atoms with van der Waals surface area (Å²) >= 11 is 0. The zero-order chi connectivity index (χ0) is 22.1.